The molecule has 0 bridgehead atoms. The maximum atomic E-state index is 12.1. The zero-order valence-corrected chi connectivity index (χ0v) is 10.0. The Morgan fingerprint density at radius 2 is 2.41 bits per heavy atom. The molecule has 1 fully saturated rings. The average Bonchev–Trinajstić information content (AvgIpc) is 2.40. The lowest BCUT2D eigenvalue weighted by Gasteiger charge is -2.21. The van der Waals surface area contributed by atoms with E-state index in [2.05, 4.69) is 4.98 Å². The number of Topliss-reactive ketones (excluding diaryl/α,β-unsaturated/α-hetero) is 1. The van der Waals surface area contributed by atoms with Gasteiger partial charge in [0, 0.05) is 18.4 Å². The minimum atomic E-state index is -0.303. The average molecular weight is 235 g/mol. The fraction of sp³-hybridized carbons (Fsp3) is 0.538. The van der Waals surface area contributed by atoms with Crippen molar-refractivity contribution >= 4 is 5.78 Å². The van der Waals surface area contributed by atoms with Crippen LogP contribution < -0.4 is 4.74 Å². The van der Waals surface area contributed by atoms with Gasteiger partial charge in [-0.25, -0.2) is 0 Å². The van der Waals surface area contributed by atoms with Crippen LogP contribution in [0.25, 0.3) is 0 Å². The Morgan fingerprint density at radius 3 is 3.12 bits per heavy atom. The molecule has 0 amide bonds. The number of carbonyl (C=O) groups excluding carboxylic acids is 1. The number of carbonyl (C=O) groups is 1. The second-order valence-corrected chi connectivity index (χ2v) is 4.06. The van der Waals surface area contributed by atoms with Crippen LogP contribution in [0.3, 0.4) is 0 Å². The van der Waals surface area contributed by atoms with Crippen LogP contribution in [0.15, 0.2) is 18.5 Å². The molecule has 0 aromatic carbocycles. The van der Waals surface area contributed by atoms with E-state index in [1.807, 2.05) is 6.92 Å². The first-order chi connectivity index (χ1) is 8.31. The lowest BCUT2D eigenvalue weighted by atomic mass is 10.0. The van der Waals surface area contributed by atoms with Gasteiger partial charge in [0.05, 0.1) is 12.8 Å². The summed E-state index contributed by atoms with van der Waals surface area (Å²) in [5.41, 5.74) is 0.572. The molecule has 1 unspecified atom stereocenters. The van der Waals surface area contributed by atoms with Crippen molar-refractivity contribution < 1.29 is 14.3 Å². The normalized spacial score (nSPS) is 19.9. The second-order valence-electron chi connectivity index (χ2n) is 4.06. The predicted octanol–water partition coefficient (Wildman–Crippen LogP) is 2.23. The first-order valence-corrected chi connectivity index (χ1v) is 6.05. The van der Waals surface area contributed by atoms with Gasteiger partial charge in [-0.15, -0.1) is 0 Å². The van der Waals surface area contributed by atoms with Crippen LogP contribution in [0.2, 0.25) is 0 Å². The fourth-order valence-electron chi connectivity index (χ4n) is 1.93. The molecule has 0 spiro atoms. The number of rotatable bonds is 4. The molecule has 1 aromatic heterocycles. The summed E-state index contributed by atoms with van der Waals surface area (Å²) in [4.78, 5) is 16.2. The third kappa shape index (κ3) is 3.03. The fourth-order valence-corrected chi connectivity index (χ4v) is 1.93. The summed E-state index contributed by atoms with van der Waals surface area (Å²) in [5.74, 6) is 0.646. The van der Waals surface area contributed by atoms with Crippen LogP contribution in [-0.2, 0) is 4.74 Å². The largest absolute Gasteiger partial charge is 0.492 e. The summed E-state index contributed by atoms with van der Waals surface area (Å²) >= 11 is 0. The Labute approximate surface area is 101 Å². The minimum absolute atomic E-state index is 0.0127. The topological polar surface area (TPSA) is 48.4 Å². The summed E-state index contributed by atoms with van der Waals surface area (Å²) in [6.45, 7) is 3.15. The van der Waals surface area contributed by atoms with E-state index < -0.39 is 0 Å². The Balaban J connectivity index is 2.09. The smallest absolute Gasteiger partial charge is 0.193 e. The van der Waals surface area contributed by atoms with Crippen LogP contribution in [0, 0.1) is 0 Å². The van der Waals surface area contributed by atoms with Crippen LogP contribution in [0.1, 0.15) is 36.5 Å². The maximum absolute atomic E-state index is 12.1. The summed E-state index contributed by atoms with van der Waals surface area (Å²) in [6.07, 6.45) is 5.78. The number of ether oxygens (including phenoxy) is 2. The van der Waals surface area contributed by atoms with Gasteiger partial charge in [0.15, 0.2) is 5.78 Å². The molecule has 0 saturated carbocycles. The molecule has 1 aromatic rings. The molecule has 1 atom stereocenters. The lowest BCUT2D eigenvalue weighted by Crippen LogP contribution is -2.28. The summed E-state index contributed by atoms with van der Waals surface area (Å²) in [5, 5.41) is 0. The number of pyridine rings is 1. The van der Waals surface area contributed by atoms with Crippen LogP contribution in [0.4, 0.5) is 0 Å². The van der Waals surface area contributed by atoms with E-state index in [0.717, 1.165) is 19.3 Å². The highest BCUT2D eigenvalue weighted by atomic mass is 16.5. The maximum Gasteiger partial charge on any atom is 0.193 e. The summed E-state index contributed by atoms with van der Waals surface area (Å²) in [7, 11) is 0. The molecule has 17 heavy (non-hydrogen) atoms. The van der Waals surface area contributed by atoms with Gasteiger partial charge < -0.3 is 9.47 Å². The van der Waals surface area contributed by atoms with Gasteiger partial charge in [-0.05, 0) is 32.3 Å². The molecule has 4 heteroatoms. The van der Waals surface area contributed by atoms with E-state index in [4.69, 9.17) is 9.47 Å². The van der Waals surface area contributed by atoms with Crippen molar-refractivity contribution in [3.63, 3.8) is 0 Å². The van der Waals surface area contributed by atoms with E-state index in [1.54, 1.807) is 18.5 Å². The lowest BCUT2D eigenvalue weighted by molar-refractivity contribution is 0.0186. The van der Waals surface area contributed by atoms with Crippen molar-refractivity contribution in [2.75, 3.05) is 13.2 Å². The summed E-state index contributed by atoms with van der Waals surface area (Å²) < 4.78 is 10.8. The first-order valence-electron chi connectivity index (χ1n) is 6.05. The Hall–Kier alpha value is -1.42. The van der Waals surface area contributed by atoms with Crippen molar-refractivity contribution in [2.45, 2.75) is 32.3 Å². The molecular weight excluding hydrogens is 218 g/mol. The molecule has 1 saturated heterocycles. The monoisotopic (exact) mass is 235 g/mol. The van der Waals surface area contributed by atoms with E-state index in [0.29, 0.717) is 24.5 Å². The first kappa shape index (κ1) is 12.0. The van der Waals surface area contributed by atoms with E-state index >= 15 is 0 Å². The second kappa shape index (κ2) is 5.77. The van der Waals surface area contributed by atoms with Gasteiger partial charge in [-0.2, -0.15) is 0 Å². The molecule has 1 aliphatic rings. The van der Waals surface area contributed by atoms with Crippen molar-refractivity contribution in [3.8, 4) is 5.75 Å². The number of hydrogen-bond donors (Lipinski definition) is 0. The molecule has 2 heterocycles. The van der Waals surface area contributed by atoms with E-state index in [9.17, 15) is 4.79 Å². The standard InChI is InChI=1S/C13H17NO3/c1-2-16-11-7-10(8-14-9-11)13(15)12-5-3-4-6-17-12/h7-9,12H,2-6H2,1H3. The molecule has 92 valence electrons. The van der Waals surface area contributed by atoms with Crippen LogP contribution >= 0.6 is 0 Å². The zero-order valence-electron chi connectivity index (χ0n) is 10.0. The van der Waals surface area contributed by atoms with Gasteiger partial charge in [-0.1, -0.05) is 0 Å². The Morgan fingerprint density at radius 1 is 1.53 bits per heavy atom. The molecule has 0 aliphatic carbocycles. The van der Waals surface area contributed by atoms with Gasteiger partial charge in [0.2, 0.25) is 0 Å². The number of aromatic nitrogens is 1. The quantitative estimate of drug-likeness (QED) is 0.751. The number of nitrogens with zero attached hydrogens (tertiary/aromatic N) is 1. The van der Waals surface area contributed by atoms with E-state index in [-0.39, 0.29) is 11.9 Å². The van der Waals surface area contributed by atoms with Crippen LogP contribution in [0.5, 0.6) is 5.75 Å². The third-order valence-corrected chi connectivity index (χ3v) is 2.78. The highest BCUT2D eigenvalue weighted by Crippen LogP contribution is 2.19. The molecule has 2 rings (SSSR count). The molecule has 0 N–H and O–H groups in total. The summed E-state index contributed by atoms with van der Waals surface area (Å²) in [6, 6.07) is 1.73. The van der Waals surface area contributed by atoms with Crippen LogP contribution in [-0.4, -0.2) is 30.1 Å². The van der Waals surface area contributed by atoms with Gasteiger partial charge in [0.1, 0.15) is 11.9 Å². The van der Waals surface area contributed by atoms with Crippen molar-refractivity contribution in [2.24, 2.45) is 0 Å². The number of hydrogen-bond acceptors (Lipinski definition) is 4. The van der Waals surface area contributed by atoms with E-state index in [1.165, 1.54) is 0 Å². The molecule has 4 nitrogen and oxygen atoms in total. The molecule has 0 radical (unpaired) electrons. The SMILES string of the molecule is CCOc1cncc(C(=O)C2CCCCO2)c1. The van der Waals surface area contributed by atoms with Crippen molar-refractivity contribution in [1.29, 1.82) is 0 Å². The highest BCUT2D eigenvalue weighted by Gasteiger charge is 2.23. The Kier molecular flexibility index (Phi) is 4.09. The van der Waals surface area contributed by atoms with Gasteiger partial charge >= 0.3 is 0 Å². The zero-order chi connectivity index (χ0) is 12.1. The van der Waals surface area contributed by atoms with Crippen molar-refractivity contribution in [1.82, 2.24) is 4.98 Å². The molecule has 1 aliphatic heterocycles. The third-order valence-electron chi connectivity index (χ3n) is 2.78. The number of ketones is 1. The Bertz CT molecular complexity index is 386. The predicted molar refractivity (Wildman–Crippen MR) is 63.3 cm³/mol. The minimum Gasteiger partial charge on any atom is -0.492 e. The van der Waals surface area contributed by atoms with Crippen molar-refractivity contribution in [3.05, 3.63) is 24.0 Å². The molecular formula is C13H17NO3. The van der Waals surface area contributed by atoms with Gasteiger partial charge in [0.25, 0.3) is 0 Å². The highest BCUT2D eigenvalue weighted by molar-refractivity contribution is 5.99. The van der Waals surface area contributed by atoms with Gasteiger partial charge in [-0.3, -0.25) is 9.78 Å².